The van der Waals surface area contributed by atoms with Gasteiger partial charge in [0.25, 0.3) is 0 Å². The lowest BCUT2D eigenvalue weighted by Gasteiger charge is -2.35. The van der Waals surface area contributed by atoms with Gasteiger partial charge in [-0.25, -0.2) is 0 Å². The lowest BCUT2D eigenvalue weighted by Crippen LogP contribution is -2.50. The molecule has 10 heavy (non-hydrogen) atoms. The van der Waals surface area contributed by atoms with Crippen LogP contribution in [-0.2, 0) is 4.74 Å². The maximum atomic E-state index is 5.38. The summed E-state index contributed by atoms with van der Waals surface area (Å²) in [5.41, 5.74) is 0. The van der Waals surface area contributed by atoms with Crippen molar-refractivity contribution >= 4 is 0 Å². The van der Waals surface area contributed by atoms with Crippen molar-refractivity contribution in [1.29, 1.82) is 0 Å². The van der Waals surface area contributed by atoms with Gasteiger partial charge in [-0.3, -0.25) is 0 Å². The SMILES string of the molecule is COC(C(C)C)C1CNC1. The highest BCUT2D eigenvalue weighted by atomic mass is 16.5. The van der Waals surface area contributed by atoms with E-state index in [9.17, 15) is 0 Å². The first kappa shape index (κ1) is 8.02. The van der Waals surface area contributed by atoms with Crippen LogP contribution in [0.4, 0.5) is 0 Å². The number of hydrogen-bond donors (Lipinski definition) is 1. The Morgan fingerprint density at radius 1 is 1.40 bits per heavy atom. The van der Waals surface area contributed by atoms with Crippen LogP contribution < -0.4 is 5.32 Å². The second-order valence-electron chi connectivity index (χ2n) is 3.36. The van der Waals surface area contributed by atoms with Crippen molar-refractivity contribution in [2.24, 2.45) is 11.8 Å². The summed E-state index contributed by atoms with van der Waals surface area (Å²) >= 11 is 0. The number of ether oxygens (including phenoxy) is 1. The molecule has 0 radical (unpaired) electrons. The van der Waals surface area contributed by atoms with Gasteiger partial charge in [-0.15, -0.1) is 0 Å². The molecule has 1 rings (SSSR count). The Labute approximate surface area is 63.0 Å². The first-order chi connectivity index (χ1) is 4.75. The summed E-state index contributed by atoms with van der Waals surface area (Å²) in [6.07, 6.45) is 0.459. The monoisotopic (exact) mass is 143 g/mol. The van der Waals surface area contributed by atoms with Crippen molar-refractivity contribution < 1.29 is 4.74 Å². The van der Waals surface area contributed by atoms with E-state index in [0.29, 0.717) is 12.0 Å². The fourth-order valence-electron chi connectivity index (χ4n) is 1.55. The van der Waals surface area contributed by atoms with Crippen LogP contribution in [0.5, 0.6) is 0 Å². The summed E-state index contributed by atoms with van der Waals surface area (Å²) in [6.45, 7) is 6.70. The molecule has 1 fully saturated rings. The molecule has 1 saturated heterocycles. The average molecular weight is 143 g/mol. The molecule has 1 heterocycles. The maximum absolute atomic E-state index is 5.38. The van der Waals surface area contributed by atoms with Crippen molar-refractivity contribution in [2.75, 3.05) is 20.2 Å². The van der Waals surface area contributed by atoms with Gasteiger partial charge in [-0.2, -0.15) is 0 Å². The Kier molecular flexibility index (Phi) is 2.69. The van der Waals surface area contributed by atoms with Crippen LogP contribution in [0, 0.1) is 11.8 Å². The first-order valence-corrected chi connectivity index (χ1v) is 3.99. The molecule has 1 atom stereocenters. The van der Waals surface area contributed by atoms with E-state index >= 15 is 0 Å². The zero-order valence-corrected chi connectivity index (χ0v) is 7.05. The third-order valence-corrected chi connectivity index (χ3v) is 2.21. The smallest absolute Gasteiger partial charge is 0.0646 e. The van der Waals surface area contributed by atoms with Crippen LogP contribution in [0.2, 0.25) is 0 Å². The summed E-state index contributed by atoms with van der Waals surface area (Å²) in [4.78, 5) is 0. The minimum Gasteiger partial charge on any atom is -0.381 e. The standard InChI is InChI=1S/C8H17NO/c1-6(2)8(10-3)7-4-9-5-7/h6-9H,4-5H2,1-3H3. The van der Waals surface area contributed by atoms with Gasteiger partial charge < -0.3 is 10.1 Å². The molecule has 0 aliphatic carbocycles. The molecule has 0 aromatic carbocycles. The van der Waals surface area contributed by atoms with Gasteiger partial charge in [-0.05, 0) is 5.92 Å². The van der Waals surface area contributed by atoms with Crippen molar-refractivity contribution in [3.63, 3.8) is 0 Å². The zero-order valence-electron chi connectivity index (χ0n) is 7.05. The van der Waals surface area contributed by atoms with E-state index in [1.165, 1.54) is 0 Å². The Bertz CT molecular complexity index is 99.4. The number of hydrogen-bond acceptors (Lipinski definition) is 2. The van der Waals surface area contributed by atoms with Gasteiger partial charge in [0.2, 0.25) is 0 Å². The van der Waals surface area contributed by atoms with Crippen LogP contribution in [0.25, 0.3) is 0 Å². The fourth-order valence-corrected chi connectivity index (χ4v) is 1.55. The molecule has 1 N–H and O–H groups in total. The topological polar surface area (TPSA) is 21.3 Å². The lowest BCUT2D eigenvalue weighted by molar-refractivity contribution is -0.00153. The third kappa shape index (κ3) is 1.50. The molecule has 1 aliphatic rings. The van der Waals surface area contributed by atoms with E-state index in [-0.39, 0.29) is 0 Å². The van der Waals surface area contributed by atoms with E-state index in [1.807, 2.05) is 7.11 Å². The molecular formula is C8H17NO. The summed E-state index contributed by atoms with van der Waals surface area (Å²) in [5.74, 6) is 1.40. The lowest BCUT2D eigenvalue weighted by atomic mass is 9.89. The molecule has 0 spiro atoms. The molecule has 1 unspecified atom stereocenters. The molecule has 0 amide bonds. The van der Waals surface area contributed by atoms with Gasteiger partial charge in [-0.1, -0.05) is 13.8 Å². The predicted molar refractivity (Wildman–Crippen MR) is 42.0 cm³/mol. The van der Waals surface area contributed by atoms with Gasteiger partial charge in [0.15, 0.2) is 0 Å². The van der Waals surface area contributed by atoms with E-state index < -0.39 is 0 Å². The first-order valence-electron chi connectivity index (χ1n) is 3.99. The minimum absolute atomic E-state index is 0.459. The highest BCUT2D eigenvalue weighted by Gasteiger charge is 2.28. The summed E-state index contributed by atoms with van der Waals surface area (Å²) in [7, 11) is 1.81. The van der Waals surface area contributed by atoms with Gasteiger partial charge in [0, 0.05) is 26.1 Å². The summed E-state index contributed by atoms with van der Waals surface area (Å²) < 4.78 is 5.38. The quantitative estimate of drug-likeness (QED) is 0.633. The van der Waals surface area contributed by atoms with Gasteiger partial charge >= 0.3 is 0 Å². The molecular weight excluding hydrogens is 126 g/mol. The highest BCUT2D eigenvalue weighted by Crippen LogP contribution is 2.19. The Balaban J connectivity index is 2.31. The summed E-state index contributed by atoms with van der Waals surface area (Å²) in [5, 5.41) is 3.25. The molecule has 0 aromatic rings. The number of rotatable bonds is 3. The molecule has 0 bridgehead atoms. The van der Waals surface area contributed by atoms with Crippen LogP contribution in [0.1, 0.15) is 13.8 Å². The van der Waals surface area contributed by atoms with Crippen LogP contribution in [-0.4, -0.2) is 26.3 Å². The largest absolute Gasteiger partial charge is 0.381 e. The fraction of sp³-hybridized carbons (Fsp3) is 1.00. The maximum Gasteiger partial charge on any atom is 0.0646 e. The summed E-state index contributed by atoms with van der Waals surface area (Å²) in [6, 6.07) is 0. The van der Waals surface area contributed by atoms with Crippen LogP contribution >= 0.6 is 0 Å². The van der Waals surface area contributed by atoms with Crippen LogP contribution in [0.15, 0.2) is 0 Å². The van der Waals surface area contributed by atoms with Crippen molar-refractivity contribution in [3.8, 4) is 0 Å². The molecule has 1 aliphatic heterocycles. The van der Waals surface area contributed by atoms with E-state index in [2.05, 4.69) is 19.2 Å². The Hall–Kier alpha value is -0.0800. The Morgan fingerprint density at radius 3 is 2.10 bits per heavy atom. The van der Waals surface area contributed by atoms with Crippen LogP contribution in [0.3, 0.4) is 0 Å². The normalized spacial score (nSPS) is 22.8. The predicted octanol–water partition coefficient (Wildman–Crippen LogP) is 0.877. The highest BCUT2D eigenvalue weighted by molar-refractivity contribution is 4.83. The molecule has 0 aromatic heterocycles. The second kappa shape index (κ2) is 3.35. The van der Waals surface area contributed by atoms with Crippen molar-refractivity contribution in [2.45, 2.75) is 20.0 Å². The second-order valence-corrected chi connectivity index (χ2v) is 3.36. The minimum atomic E-state index is 0.459. The average Bonchev–Trinajstić information content (AvgIpc) is 1.76. The number of methoxy groups -OCH3 is 1. The van der Waals surface area contributed by atoms with Gasteiger partial charge in [0.1, 0.15) is 0 Å². The van der Waals surface area contributed by atoms with E-state index in [4.69, 9.17) is 4.74 Å². The third-order valence-electron chi connectivity index (χ3n) is 2.21. The molecule has 2 nitrogen and oxygen atoms in total. The van der Waals surface area contributed by atoms with E-state index in [0.717, 1.165) is 19.0 Å². The molecule has 0 saturated carbocycles. The van der Waals surface area contributed by atoms with Gasteiger partial charge in [0.05, 0.1) is 6.10 Å². The Morgan fingerprint density at radius 2 is 2.00 bits per heavy atom. The van der Waals surface area contributed by atoms with Crippen molar-refractivity contribution in [3.05, 3.63) is 0 Å². The molecule has 60 valence electrons. The zero-order chi connectivity index (χ0) is 7.56. The number of nitrogens with one attached hydrogen (secondary N) is 1. The van der Waals surface area contributed by atoms with Crippen molar-refractivity contribution in [1.82, 2.24) is 5.32 Å². The van der Waals surface area contributed by atoms with E-state index in [1.54, 1.807) is 0 Å². The molecule has 2 heteroatoms.